The van der Waals surface area contributed by atoms with Crippen molar-refractivity contribution in [2.75, 3.05) is 0 Å². The van der Waals surface area contributed by atoms with Crippen LogP contribution in [-0.2, 0) is 17.0 Å². The first-order valence-electron chi connectivity index (χ1n) is 11.2. The molecule has 0 radical (unpaired) electrons. The van der Waals surface area contributed by atoms with E-state index >= 15 is 0 Å². The second-order valence-corrected chi connectivity index (χ2v) is 10.4. The Bertz CT molecular complexity index is 1480. The number of aliphatic imine (C=N–C) groups is 2. The summed E-state index contributed by atoms with van der Waals surface area (Å²) in [5.74, 6) is -10.4. The van der Waals surface area contributed by atoms with E-state index in [1.807, 2.05) is 55.5 Å². The van der Waals surface area contributed by atoms with Crippen molar-refractivity contribution in [3.05, 3.63) is 118 Å². The molecule has 208 valence electrons. The number of hydrogen-bond acceptors (Lipinski definition) is 4. The first-order valence-corrected chi connectivity index (χ1v) is 15.5. The summed E-state index contributed by atoms with van der Waals surface area (Å²) >= 11 is -0.556. The molecule has 0 atom stereocenters. The van der Waals surface area contributed by atoms with Gasteiger partial charge < -0.3 is 10.2 Å². The molecule has 0 aliphatic heterocycles. The molecule has 40 heavy (non-hydrogen) atoms. The predicted octanol–water partition coefficient (Wildman–Crippen LogP) is 8.97. The van der Waals surface area contributed by atoms with Crippen molar-refractivity contribution in [3.8, 4) is 11.5 Å². The van der Waals surface area contributed by atoms with E-state index in [0.29, 0.717) is 11.3 Å². The van der Waals surface area contributed by atoms with Gasteiger partial charge in [0.25, 0.3) is 0 Å². The van der Waals surface area contributed by atoms with Crippen LogP contribution in [0.3, 0.4) is 0 Å². The molecule has 0 bridgehead atoms. The molecule has 0 aromatic heterocycles. The van der Waals surface area contributed by atoms with Crippen LogP contribution in [0.2, 0.25) is 0 Å². The Morgan fingerprint density at radius 2 is 1.00 bits per heavy atom. The second kappa shape index (κ2) is 16.1. The number of para-hydroxylation sites is 3. The number of benzene rings is 4. The maximum absolute atomic E-state index is 13.4. The molecule has 2 N–H and O–H groups in total. The van der Waals surface area contributed by atoms with Gasteiger partial charge >= 0.3 is 35.6 Å². The summed E-state index contributed by atoms with van der Waals surface area (Å²) in [6.07, 6.45) is 2.50. The van der Waals surface area contributed by atoms with Crippen molar-refractivity contribution in [1.82, 2.24) is 0 Å². The third-order valence-electron chi connectivity index (χ3n) is 5.17. The van der Waals surface area contributed by atoms with E-state index in [1.165, 1.54) is 12.1 Å². The fourth-order valence-corrected chi connectivity index (χ4v) is 3.07. The molecular formula is C28H21Cl2F5N2O2Ti. The average molecular weight is 631 g/mol. The molecule has 0 unspecified atom stereocenters. The number of aromatic hydroxyl groups is 2. The van der Waals surface area contributed by atoms with Crippen LogP contribution in [0.15, 0.2) is 76.7 Å². The summed E-state index contributed by atoms with van der Waals surface area (Å²) < 4.78 is 65.6. The minimum atomic E-state index is -2.25. The van der Waals surface area contributed by atoms with Crippen LogP contribution < -0.4 is 0 Å². The van der Waals surface area contributed by atoms with Crippen LogP contribution in [0, 0.1) is 42.9 Å². The van der Waals surface area contributed by atoms with Crippen molar-refractivity contribution in [1.29, 1.82) is 0 Å². The van der Waals surface area contributed by atoms with Gasteiger partial charge in [-0.1, -0.05) is 42.5 Å². The van der Waals surface area contributed by atoms with E-state index in [2.05, 4.69) is 9.98 Å². The monoisotopic (exact) mass is 630 g/mol. The van der Waals surface area contributed by atoms with Gasteiger partial charge in [-0.05, 0) is 49.2 Å². The van der Waals surface area contributed by atoms with Crippen LogP contribution >= 0.6 is 18.6 Å². The van der Waals surface area contributed by atoms with Crippen molar-refractivity contribution < 1.29 is 49.2 Å². The quantitative estimate of drug-likeness (QED) is 0.0777. The van der Waals surface area contributed by atoms with Gasteiger partial charge in [0.2, 0.25) is 5.82 Å². The van der Waals surface area contributed by atoms with E-state index in [1.54, 1.807) is 19.2 Å². The van der Waals surface area contributed by atoms with Gasteiger partial charge in [0.1, 0.15) is 17.2 Å². The SMILES string of the molecule is Cc1cccc(C=Nc2c(F)c(F)c(F)c(F)c2F)c1O.Cc1cccc(C=Nc2ccccc2)c1O.[Cl][Ti][Cl]. The topological polar surface area (TPSA) is 65.2 Å². The van der Waals surface area contributed by atoms with Gasteiger partial charge in [0.15, 0.2) is 23.3 Å². The molecule has 0 fully saturated rings. The summed E-state index contributed by atoms with van der Waals surface area (Å²) in [4.78, 5) is 7.55. The van der Waals surface area contributed by atoms with Crippen molar-refractivity contribution >= 4 is 42.4 Å². The van der Waals surface area contributed by atoms with E-state index in [-0.39, 0.29) is 11.3 Å². The number of phenolic OH excluding ortho intramolecular Hbond substituents is 2. The van der Waals surface area contributed by atoms with Gasteiger partial charge in [-0.3, -0.25) is 4.99 Å². The molecule has 0 saturated carbocycles. The maximum atomic E-state index is 13.4. The third-order valence-corrected chi connectivity index (χ3v) is 5.17. The molecule has 0 amide bonds. The number of aryl methyl sites for hydroxylation is 2. The zero-order chi connectivity index (χ0) is 29.8. The molecular weight excluding hydrogens is 610 g/mol. The van der Waals surface area contributed by atoms with Crippen LogP contribution in [0.5, 0.6) is 11.5 Å². The average Bonchev–Trinajstić information content (AvgIpc) is 2.95. The molecule has 4 aromatic carbocycles. The Morgan fingerprint density at radius 1 is 0.600 bits per heavy atom. The van der Waals surface area contributed by atoms with E-state index in [4.69, 9.17) is 18.6 Å². The summed E-state index contributed by atoms with van der Waals surface area (Å²) in [5, 5.41) is 19.5. The van der Waals surface area contributed by atoms with E-state index in [9.17, 15) is 32.2 Å². The molecule has 0 aliphatic rings. The molecule has 0 spiro atoms. The third kappa shape index (κ3) is 8.89. The number of hydrogen-bond donors (Lipinski definition) is 2. The number of rotatable bonds is 4. The zero-order valence-electron chi connectivity index (χ0n) is 20.9. The summed E-state index contributed by atoms with van der Waals surface area (Å²) in [5.41, 5.74) is 1.71. The number of halogens is 7. The molecule has 4 aromatic rings. The zero-order valence-corrected chi connectivity index (χ0v) is 24.0. The van der Waals surface area contributed by atoms with Crippen LogP contribution in [-0.4, -0.2) is 22.6 Å². The van der Waals surface area contributed by atoms with E-state index in [0.717, 1.165) is 23.0 Å². The number of nitrogens with zero attached hydrogens (tertiary/aromatic N) is 2. The predicted molar refractivity (Wildman–Crippen MR) is 145 cm³/mol. The van der Waals surface area contributed by atoms with Gasteiger partial charge in [-0.25, -0.2) is 26.9 Å². The minimum absolute atomic E-state index is 0.0824. The Labute approximate surface area is 244 Å². The summed E-state index contributed by atoms with van der Waals surface area (Å²) in [6, 6.07) is 19.8. The fourth-order valence-electron chi connectivity index (χ4n) is 3.07. The van der Waals surface area contributed by atoms with Crippen LogP contribution in [0.25, 0.3) is 0 Å². The molecule has 12 heteroatoms. The summed E-state index contributed by atoms with van der Waals surface area (Å²) in [6.45, 7) is 3.44. The van der Waals surface area contributed by atoms with Crippen molar-refractivity contribution in [2.45, 2.75) is 13.8 Å². The van der Waals surface area contributed by atoms with Crippen LogP contribution in [0.1, 0.15) is 22.3 Å². The number of phenols is 2. The van der Waals surface area contributed by atoms with Crippen LogP contribution in [0.4, 0.5) is 33.3 Å². The molecule has 0 aliphatic carbocycles. The molecule has 4 rings (SSSR count). The summed E-state index contributed by atoms with van der Waals surface area (Å²) in [7, 11) is 9.78. The Hall–Kier alpha value is -3.24. The van der Waals surface area contributed by atoms with Gasteiger partial charge in [-0.2, -0.15) is 0 Å². The van der Waals surface area contributed by atoms with Gasteiger partial charge in [0, 0.05) is 23.6 Å². The first kappa shape index (κ1) is 33.0. The Kier molecular flexibility index (Phi) is 13.3. The second-order valence-electron chi connectivity index (χ2n) is 7.87. The first-order chi connectivity index (χ1) is 19.0. The normalized spacial score (nSPS) is 10.6. The Morgan fingerprint density at radius 3 is 1.45 bits per heavy atom. The fraction of sp³-hybridized carbons (Fsp3) is 0.0714. The Balaban J connectivity index is 0.000000262. The molecule has 0 heterocycles. The van der Waals surface area contributed by atoms with Gasteiger partial charge in [0.05, 0.1) is 5.69 Å². The molecule has 0 saturated heterocycles. The van der Waals surface area contributed by atoms with E-state index < -0.39 is 51.8 Å². The van der Waals surface area contributed by atoms with Crippen molar-refractivity contribution in [3.63, 3.8) is 0 Å². The standard InChI is InChI=1S/C14H8F5NO.C14H13NO.2ClH.Ti/c1-6-3-2-4-7(14(6)21)5-20-13-11(18)9(16)8(15)10(17)12(13)19;1-11-6-5-7-12(14(11)16)10-15-13-8-3-2-4-9-13;;;/h2-5,21H,1H3;2-10,16H,1H3;2*1H;/q;;;;+2/p-2. The van der Waals surface area contributed by atoms with Crippen molar-refractivity contribution in [2.24, 2.45) is 9.98 Å². The van der Waals surface area contributed by atoms with Gasteiger partial charge in [-0.15, -0.1) is 0 Å². The molecule has 4 nitrogen and oxygen atoms in total.